The molecule has 0 saturated carbocycles. The van der Waals surface area contributed by atoms with Crippen molar-refractivity contribution in [3.05, 3.63) is 35.4 Å². The van der Waals surface area contributed by atoms with Crippen LogP contribution in [-0.2, 0) is 15.8 Å². The van der Waals surface area contributed by atoms with E-state index in [2.05, 4.69) is 0 Å². The summed E-state index contributed by atoms with van der Waals surface area (Å²) >= 11 is 0. The summed E-state index contributed by atoms with van der Waals surface area (Å²) in [6.07, 6.45) is 6.41. The normalized spacial score (nSPS) is 20.1. The molecular formula is C18H26N2O3S. The van der Waals surface area contributed by atoms with Crippen molar-refractivity contribution in [2.24, 2.45) is 0 Å². The molecule has 132 valence electrons. The Labute approximate surface area is 144 Å². The molecule has 0 radical (unpaired) electrons. The zero-order valence-corrected chi connectivity index (χ0v) is 14.9. The number of rotatable bonds is 4. The summed E-state index contributed by atoms with van der Waals surface area (Å²) in [5.74, 6) is 0.0800. The lowest BCUT2D eigenvalue weighted by Crippen LogP contribution is -2.31. The van der Waals surface area contributed by atoms with E-state index in [1.165, 1.54) is 12.8 Å². The van der Waals surface area contributed by atoms with Crippen LogP contribution in [0.25, 0.3) is 0 Å². The smallest absolute Gasteiger partial charge is 0.253 e. The minimum absolute atomic E-state index is 0.0190. The molecule has 1 aromatic carbocycles. The third-order valence-corrected chi connectivity index (χ3v) is 6.75. The molecule has 0 unspecified atom stereocenters. The largest absolute Gasteiger partial charge is 0.339 e. The zero-order valence-electron chi connectivity index (χ0n) is 14.1. The molecule has 1 aromatic rings. The molecule has 6 heteroatoms. The van der Waals surface area contributed by atoms with Gasteiger partial charge in [0.2, 0.25) is 10.0 Å². The van der Waals surface area contributed by atoms with Crippen LogP contribution in [0.5, 0.6) is 0 Å². The van der Waals surface area contributed by atoms with Gasteiger partial charge in [0.05, 0.1) is 5.75 Å². The van der Waals surface area contributed by atoms with Crippen molar-refractivity contribution in [3.63, 3.8) is 0 Å². The number of amides is 1. The fourth-order valence-corrected chi connectivity index (χ4v) is 5.08. The molecule has 0 bridgehead atoms. The summed E-state index contributed by atoms with van der Waals surface area (Å²) in [4.78, 5) is 14.5. The van der Waals surface area contributed by atoms with Crippen LogP contribution in [0, 0.1) is 0 Å². The quantitative estimate of drug-likeness (QED) is 0.839. The lowest BCUT2D eigenvalue weighted by atomic mass is 10.1. The highest BCUT2D eigenvalue weighted by Gasteiger charge is 2.25. The first-order valence-corrected chi connectivity index (χ1v) is 10.5. The fraction of sp³-hybridized carbons (Fsp3) is 0.611. The van der Waals surface area contributed by atoms with Gasteiger partial charge < -0.3 is 4.90 Å². The fourth-order valence-electron chi connectivity index (χ4n) is 3.47. The van der Waals surface area contributed by atoms with Crippen LogP contribution in [0.2, 0.25) is 0 Å². The van der Waals surface area contributed by atoms with Crippen molar-refractivity contribution in [1.82, 2.24) is 9.21 Å². The zero-order chi connectivity index (χ0) is 17.0. The maximum Gasteiger partial charge on any atom is 0.253 e. The second-order valence-corrected chi connectivity index (χ2v) is 8.73. The van der Waals surface area contributed by atoms with Crippen molar-refractivity contribution in [2.75, 3.05) is 26.2 Å². The van der Waals surface area contributed by atoms with Crippen LogP contribution in [0.4, 0.5) is 0 Å². The highest BCUT2D eigenvalue weighted by molar-refractivity contribution is 7.88. The lowest BCUT2D eigenvalue weighted by molar-refractivity contribution is 0.0761. The number of hydrogen-bond donors (Lipinski definition) is 0. The monoisotopic (exact) mass is 350 g/mol. The van der Waals surface area contributed by atoms with Gasteiger partial charge in [-0.25, -0.2) is 12.7 Å². The summed E-state index contributed by atoms with van der Waals surface area (Å²) < 4.78 is 26.3. The molecule has 3 rings (SSSR count). The van der Waals surface area contributed by atoms with Crippen LogP contribution in [0.15, 0.2) is 24.3 Å². The second kappa shape index (κ2) is 7.66. The lowest BCUT2D eigenvalue weighted by Gasteiger charge is -2.20. The van der Waals surface area contributed by atoms with Gasteiger partial charge in [0.25, 0.3) is 5.91 Å². The summed E-state index contributed by atoms with van der Waals surface area (Å²) in [5.41, 5.74) is 1.40. The number of carbonyl (C=O) groups excluding carboxylic acids is 1. The molecule has 0 aliphatic carbocycles. The topological polar surface area (TPSA) is 57.7 Å². The molecule has 0 N–H and O–H groups in total. The van der Waals surface area contributed by atoms with E-state index < -0.39 is 10.0 Å². The van der Waals surface area contributed by atoms with Gasteiger partial charge in [-0.2, -0.15) is 0 Å². The van der Waals surface area contributed by atoms with Gasteiger partial charge in [0.1, 0.15) is 0 Å². The minimum Gasteiger partial charge on any atom is -0.339 e. The molecule has 2 heterocycles. The van der Waals surface area contributed by atoms with Crippen LogP contribution < -0.4 is 0 Å². The highest BCUT2D eigenvalue weighted by Crippen LogP contribution is 2.18. The van der Waals surface area contributed by atoms with Crippen LogP contribution in [-0.4, -0.2) is 49.7 Å². The third-order valence-electron chi connectivity index (χ3n) is 4.90. The Kier molecular flexibility index (Phi) is 5.56. The van der Waals surface area contributed by atoms with E-state index in [1.807, 2.05) is 4.90 Å². The molecule has 24 heavy (non-hydrogen) atoms. The van der Waals surface area contributed by atoms with Gasteiger partial charge in [-0.1, -0.05) is 25.0 Å². The molecule has 0 aromatic heterocycles. The van der Waals surface area contributed by atoms with E-state index in [0.29, 0.717) is 18.7 Å². The van der Waals surface area contributed by atoms with E-state index in [0.717, 1.165) is 44.3 Å². The molecule has 2 saturated heterocycles. The number of sulfonamides is 1. The Balaban J connectivity index is 1.65. The summed E-state index contributed by atoms with van der Waals surface area (Å²) in [6.45, 7) is 2.91. The summed E-state index contributed by atoms with van der Waals surface area (Å²) in [5, 5.41) is 0. The molecule has 2 aliphatic rings. The Hall–Kier alpha value is -1.40. The minimum atomic E-state index is -3.23. The Morgan fingerprint density at radius 3 is 1.96 bits per heavy atom. The van der Waals surface area contributed by atoms with Gasteiger partial charge in [-0.15, -0.1) is 0 Å². The first kappa shape index (κ1) is 17.4. The van der Waals surface area contributed by atoms with Gasteiger partial charge in [-0.3, -0.25) is 4.79 Å². The molecule has 0 atom stereocenters. The second-order valence-electron chi connectivity index (χ2n) is 6.77. The maximum absolute atomic E-state index is 12.6. The number of hydrogen-bond acceptors (Lipinski definition) is 3. The molecule has 2 aliphatic heterocycles. The Bertz CT molecular complexity index is 656. The number of benzene rings is 1. The van der Waals surface area contributed by atoms with Crippen LogP contribution in [0.3, 0.4) is 0 Å². The number of carbonyl (C=O) groups is 1. The van der Waals surface area contributed by atoms with E-state index in [4.69, 9.17) is 0 Å². The van der Waals surface area contributed by atoms with Gasteiger partial charge in [-0.05, 0) is 43.4 Å². The van der Waals surface area contributed by atoms with Crippen molar-refractivity contribution >= 4 is 15.9 Å². The standard InChI is InChI=1S/C18H26N2O3S/c21-18(19-11-3-1-2-4-12-19)17-9-7-16(8-10-17)15-24(22,23)20-13-5-6-14-20/h7-10H,1-6,11-15H2. The van der Waals surface area contributed by atoms with Gasteiger partial charge in [0.15, 0.2) is 0 Å². The predicted octanol–water partition coefficient (Wildman–Crippen LogP) is 2.63. The van der Waals surface area contributed by atoms with Crippen molar-refractivity contribution in [1.29, 1.82) is 0 Å². The number of nitrogens with zero attached hydrogens (tertiary/aromatic N) is 2. The first-order valence-electron chi connectivity index (χ1n) is 8.92. The SMILES string of the molecule is O=C(c1ccc(CS(=O)(=O)N2CCCC2)cc1)N1CCCCCC1. The average Bonchev–Trinajstić information content (AvgIpc) is 2.99. The van der Waals surface area contributed by atoms with Crippen molar-refractivity contribution in [3.8, 4) is 0 Å². The first-order chi connectivity index (χ1) is 11.6. The van der Waals surface area contributed by atoms with E-state index in [1.54, 1.807) is 28.6 Å². The van der Waals surface area contributed by atoms with Crippen molar-refractivity contribution < 1.29 is 13.2 Å². The van der Waals surface area contributed by atoms with Gasteiger partial charge in [0, 0.05) is 31.7 Å². The Morgan fingerprint density at radius 1 is 0.833 bits per heavy atom. The number of likely N-dealkylation sites (tertiary alicyclic amines) is 1. The molecule has 1 amide bonds. The molecular weight excluding hydrogens is 324 g/mol. The van der Waals surface area contributed by atoms with E-state index >= 15 is 0 Å². The third kappa shape index (κ3) is 4.16. The maximum atomic E-state index is 12.6. The van der Waals surface area contributed by atoms with Crippen LogP contribution in [0.1, 0.15) is 54.4 Å². The predicted molar refractivity (Wildman–Crippen MR) is 94.2 cm³/mol. The average molecular weight is 350 g/mol. The van der Waals surface area contributed by atoms with E-state index in [-0.39, 0.29) is 11.7 Å². The molecule has 5 nitrogen and oxygen atoms in total. The summed E-state index contributed by atoms with van der Waals surface area (Å²) in [7, 11) is -3.23. The van der Waals surface area contributed by atoms with Gasteiger partial charge >= 0.3 is 0 Å². The van der Waals surface area contributed by atoms with Crippen LogP contribution >= 0.6 is 0 Å². The van der Waals surface area contributed by atoms with E-state index in [9.17, 15) is 13.2 Å². The molecule has 0 spiro atoms. The van der Waals surface area contributed by atoms with Crippen molar-refractivity contribution in [2.45, 2.75) is 44.3 Å². The molecule has 2 fully saturated rings. The summed E-state index contributed by atoms with van der Waals surface area (Å²) in [6, 6.07) is 7.08. The highest BCUT2D eigenvalue weighted by atomic mass is 32.2. The Morgan fingerprint density at radius 2 is 1.38 bits per heavy atom.